The number of aromatic amines is 1. The van der Waals surface area contributed by atoms with E-state index in [2.05, 4.69) is 31.3 Å². The van der Waals surface area contributed by atoms with E-state index in [1.54, 1.807) is 42.5 Å². The number of benzene rings is 1. The molecule has 0 fully saturated rings. The Kier molecular flexibility index (Phi) is 7.55. The van der Waals surface area contributed by atoms with Crippen LogP contribution < -0.4 is 15.9 Å². The number of carbonyl (C=O) groups is 1. The van der Waals surface area contributed by atoms with Crippen molar-refractivity contribution in [2.75, 3.05) is 12.1 Å². The summed E-state index contributed by atoms with van der Waals surface area (Å²) in [5, 5.41) is 2.21. The van der Waals surface area contributed by atoms with Crippen LogP contribution in [0.5, 0.6) is 0 Å². The van der Waals surface area contributed by atoms with Gasteiger partial charge < -0.3 is 9.54 Å². The molecule has 162 valence electrons. The van der Waals surface area contributed by atoms with Crippen LogP contribution in [0.25, 0.3) is 10.9 Å². The number of ketones is 1. The summed E-state index contributed by atoms with van der Waals surface area (Å²) in [6.45, 7) is 3.16. The number of nitrogens with zero attached hydrogens (tertiary/aromatic N) is 2. The largest absolute Gasteiger partial charge is 0.610 e. The van der Waals surface area contributed by atoms with Gasteiger partial charge in [0.05, 0.1) is 15.9 Å². The molecule has 0 amide bonds. The molecule has 1 atom stereocenters. The number of hydrogen-bond donors (Lipinski definition) is 2. The van der Waals surface area contributed by atoms with Crippen molar-refractivity contribution in [3.05, 3.63) is 73.6 Å². The lowest BCUT2D eigenvalue weighted by molar-refractivity contribution is 0.101. The summed E-state index contributed by atoms with van der Waals surface area (Å²) >= 11 is 7.88. The molecular formula is C21H20BrClN4O3S. The second kappa shape index (κ2) is 9.97. The molecular weight excluding hydrogens is 504 g/mol. The van der Waals surface area contributed by atoms with E-state index < -0.39 is 22.4 Å². The molecule has 0 bridgehead atoms. The Labute approximate surface area is 195 Å². The normalized spacial score (nSPS) is 12.5. The molecule has 1 aromatic carbocycles. The van der Waals surface area contributed by atoms with Gasteiger partial charge in [0, 0.05) is 40.7 Å². The third-order valence-electron chi connectivity index (χ3n) is 4.50. The Morgan fingerprint density at radius 3 is 2.71 bits per heavy atom. The van der Waals surface area contributed by atoms with Gasteiger partial charge in [-0.15, -0.1) is 0 Å². The van der Waals surface area contributed by atoms with Crippen molar-refractivity contribution in [2.45, 2.75) is 24.6 Å². The number of aromatic nitrogens is 2. The molecule has 2 heterocycles. The summed E-state index contributed by atoms with van der Waals surface area (Å²) in [7, 11) is 1.77. The number of carbonyl (C=O) groups excluding carboxylic acids is 1. The van der Waals surface area contributed by atoms with Crippen LogP contribution in [-0.2, 0) is 16.9 Å². The molecule has 3 aromatic rings. The highest BCUT2D eigenvalue weighted by Crippen LogP contribution is 2.29. The number of halogens is 2. The van der Waals surface area contributed by atoms with Gasteiger partial charge in [-0.05, 0) is 54.0 Å². The van der Waals surface area contributed by atoms with Gasteiger partial charge >= 0.3 is 0 Å². The lowest BCUT2D eigenvalue weighted by atomic mass is 10.1. The zero-order valence-electron chi connectivity index (χ0n) is 17.0. The van der Waals surface area contributed by atoms with Crippen LogP contribution in [-0.4, -0.2) is 27.4 Å². The van der Waals surface area contributed by atoms with Crippen molar-refractivity contribution in [3.63, 3.8) is 0 Å². The van der Waals surface area contributed by atoms with Crippen LogP contribution in [0.2, 0.25) is 5.02 Å². The first-order valence-corrected chi connectivity index (χ1v) is 11.7. The first-order valence-electron chi connectivity index (χ1n) is 9.26. The van der Waals surface area contributed by atoms with E-state index in [1.807, 2.05) is 19.2 Å². The smallest absolute Gasteiger partial charge is 0.238 e. The maximum Gasteiger partial charge on any atom is 0.238 e. The number of fused-ring (bicyclic) bond motifs is 1. The molecule has 2 N–H and O–H groups in total. The van der Waals surface area contributed by atoms with Crippen molar-refractivity contribution in [1.29, 1.82) is 0 Å². The third-order valence-corrected chi connectivity index (χ3v) is 6.83. The number of H-pyrrole nitrogens is 1. The lowest BCUT2D eigenvalue weighted by Crippen LogP contribution is -2.30. The second-order valence-electron chi connectivity index (χ2n) is 6.58. The first-order chi connectivity index (χ1) is 14.8. The maximum atomic E-state index is 13.2. The van der Waals surface area contributed by atoms with Gasteiger partial charge in [0.1, 0.15) is 17.1 Å². The first kappa shape index (κ1) is 23.5. The molecule has 0 radical (unpaired) electrons. The number of hydrogen-bond acceptors (Lipinski definition) is 6. The molecule has 2 aromatic heterocycles. The van der Waals surface area contributed by atoms with Gasteiger partial charge in [-0.25, -0.2) is 10.4 Å². The van der Waals surface area contributed by atoms with E-state index in [0.717, 1.165) is 0 Å². The molecule has 0 aliphatic heterocycles. The zero-order chi connectivity index (χ0) is 22.7. The van der Waals surface area contributed by atoms with E-state index in [1.165, 1.54) is 6.92 Å². The molecule has 7 nitrogen and oxygen atoms in total. The average molecular weight is 524 g/mol. The minimum absolute atomic E-state index is 0.0720. The van der Waals surface area contributed by atoms with Gasteiger partial charge in [-0.2, -0.15) is 0 Å². The fourth-order valence-corrected chi connectivity index (χ4v) is 5.04. The Bertz CT molecular complexity index is 1210. The van der Waals surface area contributed by atoms with Crippen LogP contribution >= 0.6 is 27.5 Å². The Morgan fingerprint density at radius 1 is 1.39 bits per heavy atom. The highest BCUT2D eigenvalue weighted by molar-refractivity contribution is 9.10. The van der Waals surface area contributed by atoms with Gasteiger partial charge in [0.15, 0.2) is 5.78 Å². The molecule has 0 saturated heterocycles. The molecule has 31 heavy (non-hydrogen) atoms. The fraction of sp³-hybridized carbons (Fsp3) is 0.190. The average Bonchev–Trinajstić information content (AvgIpc) is 2.74. The van der Waals surface area contributed by atoms with E-state index >= 15 is 0 Å². The van der Waals surface area contributed by atoms with E-state index in [-0.39, 0.29) is 26.8 Å². The van der Waals surface area contributed by atoms with E-state index in [9.17, 15) is 14.1 Å². The van der Waals surface area contributed by atoms with Gasteiger partial charge in [-0.1, -0.05) is 17.7 Å². The number of anilines is 1. The molecule has 10 heteroatoms. The molecule has 0 spiro atoms. The molecule has 0 saturated carbocycles. The molecule has 3 rings (SSSR count). The SMILES string of the molecule is C/C=C\N(NC)c1ccc(C[S+]([O-])c2[nH]c3c(Br)ccc(Cl)c3c(=O)c2C(C)=O)cn1. The van der Waals surface area contributed by atoms with Crippen molar-refractivity contribution >= 4 is 61.2 Å². The van der Waals surface area contributed by atoms with Gasteiger partial charge in [0.2, 0.25) is 10.5 Å². The number of hydrazine groups is 1. The summed E-state index contributed by atoms with van der Waals surface area (Å²) in [6, 6.07) is 6.84. The molecule has 0 aliphatic rings. The quantitative estimate of drug-likeness (QED) is 0.272. The minimum atomic E-state index is -1.69. The minimum Gasteiger partial charge on any atom is -0.610 e. The van der Waals surface area contributed by atoms with Crippen LogP contribution in [0.1, 0.15) is 29.8 Å². The Morgan fingerprint density at radius 2 is 2.13 bits per heavy atom. The van der Waals surface area contributed by atoms with Crippen molar-refractivity contribution in [2.24, 2.45) is 0 Å². The number of rotatable bonds is 7. The van der Waals surface area contributed by atoms with Crippen molar-refractivity contribution < 1.29 is 9.35 Å². The van der Waals surface area contributed by atoms with E-state index in [0.29, 0.717) is 21.4 Å². The van der Waals surface area contributed by atoms with Crippen LogP contribution in [0.15, 0.2) is 57.0 Å². The highest BCUT2D eigenvalue weighted by Gasteiger charge is 2.27. The second-order valence-corrected chi connectivity index (χ2v) is 9.23. The third kappa shape index (κ3) is 4.86. The lowest BCUT2D eigenvalue weighted by Gasteiger charge is -2.18. The van der Waals surface area contributed by atoms with Crippen molar-refractivity contribution in [1.82, 2.24) is 15.4 Å². The molecule has 0 aliphatic carbocycles. The number of Topliss-reactive ketones (excluding diaryl/α,β-unsaturated/α-hetero) is 1. The van der Waals surface area contributed by atoms with Gasteiger partial charge in [-0.3, -0.25) is 14.6 Å². The fourth-order valence-electron chi connectivity index (χ4n) is 3.07. The monoisotopic (exact) mass is 522 g/mol. The predicted octanol–water partition coefficient (Wildman–Crippen LogP) is 4.32. The summed E-state index contributed by atoms with van der Waals surface area (Å²) in [5.74, 6) is 0.264. The molecule has 1 unspecified atom stereocenters. The standard InChI is InChI=1S/C21H20BrClN4O3S/c1-4-9-27(24-3)16-8-5-13(10-25-16)11-31(30)21-17(12(2)28)20(29)18-15(23)7-6-14(22)19(18)26-21/h4-10,24H,11H2,1-3H3,(H,26,29)/b9-4-. The van der Waals surface area contributed by atoms with Crippen LogP contribution in [0.3, 0.4) is 0 Å². The Hall–Kier alpha value is -2.17. The van der Waals surface area contributed by atoms with Crippen molar-refractivity contribution in [3.8, 4) is 0 Å². The zero-order valence-corrected chi connectivity index (χ0v) is 20.2. The maximum absolute atomic E-state index is 13.2. The summed E-state index contributed by atoms with van der Waals surface area (Å²) in [5.41, 5.74) is 3.39. The predicted molar refractivity (Wildman–Crippen MR) is 128 cm³/mol. The van der Waals surface area contributed by atoms with E-state index in [4.69, 9.17) is 11.6 Å². The summed E-state index contributed by atoms with van der Waals surface area (Å²) in [6.07, 6.45) is 5.30. The van der Waals surface area contributed by atoms with Gasteiger partial charge in [0.25, 0.3) is 0 Å². The summed E-state index contributed by atoms with van der Waals surface area (Å²) in [4.78, 5) is 32.7. The topological polar surface area (TPSA) is 101 Å². The highest BCUT2D eigenvalue weighted by atomic mass is 79.9. The summed E-state index contributed by atoms with van der Waals surface area (Å²) < 4.78 is 13.8. The number of allylic oxidation sites excluding steroid dienone is 1. The van der Waals surface area contributed by atoms with Crippen LogP contribution in [0, 0.1) is 0 Å². The Balaban J connectivity index is 2.01. The number of pyridine rings is 2. The number of nitrogens with one attached hydrogen (secondary N) is 2. The van der Waals surface area contributed by atoms with Crippen LogP contribution in [0.4, 0.5) is 5.82 Å².